The van der Waals surface area contributed by atoms with Crippen LogP contribution in [0.3, 0.4) is 0 Å². The molecule has 1 N–H and O–H groups in total. The molecule has 0 fully saturated rings. The highest BCUT2D eigenvalue weighted by Gasteiger charge is 2.44. The Balaban J connectivity index is 2.29. The van der Waals surface area contributed by atoms with Gasteiger partial charge in [0.25, 0.3) is 0 Å². The fourth-order valence-electron chi connectivity index (χ4n) is 5.65. The zero-order valence-electron chi connectivity index (χ0n) is 22.5. The first-order valence-corrected chi connectivity index (χ1v) is 16.4. The van der Waals surface area contributed by atoms with Crippen molar-refractivity contribution in [3.8, 4) is 11.3 Å². The molecule has 1 aromatic carbocycles. The SMILES string of the molecule is C=CC(CNC)C1C(CCC(=C)/C=C\C)c2ccccc2-c2cc(C(C)C)c([Si](C)(C)C)c[n+]21. The Morgan fingerprint density at radius 2 is 1.91 bits per heavy atom. The summed E-state index contributed by atoms with van der Waals surface area (Å²) in [5, 5.41) is 5.03. The number of nitrogens with zero attached hydrogens (tertiary/aromatic N) is 1. The first-order valence-electron chi connectivity index (χ1n) is 12.9. The molecule has 2 aromatic rings. The lowest BCUT2D eigenvalue weighted by Gasteiger charge is -2.36. The zero-order valence-corrected chi connectivity index (χ0v) is 23.5. The lowest BCUT2D eigenvalue weighted by molar-refractivity contribution is -0.723. The molecule has 1 aromatic heterocycles. The van der Waals surface area contributed by atoms with E-state index in [0.29, 0.717) is 23.8 Å². The third kappa shape index (κ3) is 5.36. The molecule has 3 atom stereocenters. The molecule has 0 radical (unpaired) electrons. The lowest BCUT2D eigenvalue weighted by atomic mass is 9.74. The van der Waals surface area contributed by atoms with Crippen LogP contribution < -0.4 is 15.1 Å². The maximum Gasteiger partial charge on any atom is 0.213 e. The van der Waals surface area contributed by atoms with Crippen molar-refractivity contribution in [2.45, 2.75) is 71.1 Å². The van der Waals surface area contributed by atoms with Crippen LogP contribution in [-0.4, -0.2) is 21.7 Å². The average molecular weight is 474 g/mol. The van der Waals surface area contributed by atoms with Gasteiger partial charge < -0.3 is 5.32 Å². The Hall–Kier alpha value is -2.23. The summed E-state index contributed by atoms with van der Waals surface area (Å²) in [5.74, 6) is 1.25. The highest BCUT2D eigenvalue weighted by molar-refractivity contribution is 6.89. The molecule has 182 valence electrons. The summed E-state index contributed by atoms with van der Waals surface area (Å²) in [7, 11) is 0.513. The van der Waals surface area contributed by atoms with E-state index in [9.17, 15) is 0 Å². The first-order chi connectivity index (χ1) is 16.1. The van der Waals surface area contributed by atoms with Gasteiger partial charge in [0.2, 0.25) is 5.69 Å². The normalized spacial score (nSPS) is 18.6. The van der Waals surface area contributed by atoms with Gasteiger partial charge in [-0.1, -0.05) is 82.1 Å². The van der Waals surface area contributed by atoms with Crippen LogP contribution in [0.5, 0.6) is 0 Å². The molecule has 0 bridgehead atoms. The summed E-state index contributed by atoms with van der Waals surface area (Å²) in [5.41, 5.74) is 6.94. The number of benzene rings is 1. The van der Waals surface area contributed by atoms with Crippen molar-refractivity contribution in [3.63, 3.8) is 0 Å². The van der Waals surface area contributed by atoms with Gasteiger partial charge >= 0.3 is 0 Å². The minimum Gasteiger partial charge on any atom is -0.319 e. The third-order valence-electron chi connectivity index (χ3n) is 7.31. The van der Waals surface area contributed by atoms with E-state index in [4.69, 9.17) is 0 Å². The second-order valence-corrected chi connectivity index (χ2v) is 16.2. The summed E-state index contributed by atoms with van der Waals surface area (Å²) in [4.78, 5) is 0. The number of pyridine rings is 1. The van der Waals surface area contributed by atoms with Crippen LogP contribution in [-0.2, 0) is 0 Å². The van der Waals surface area contributed by atoms with Crippen LogP contribution >= 0.6 is 0 Å². The maximum absolute atomic E-state index is 4.31. The quantitative estimate of drug-likeness (QED) is 0.172. The van der Waals surface area contributed by atoms with Crippen molar-refractivity contribution < 1.29 is 4.57 Å². The van der Waals surface area contributed by atoms with Crippen LogP contribution in [0, 0.1) is 5.92 Å². The second-order valence-electron chi connectivity index (χ2n) is 11.2. The molecule has 0 saturated carbocycles. The monoisotopic (exact) mass is 473 g/mol. The van der Waals surface area contributed by atoms with E-state index >= 15 is 0 Å². The molecule has 2 heterocycles. The fraction of sp³-hybridized carbons (Fsp3) is 0.452. The topological polar surface area (TPSA) is 15.9 Å². The van der Waals surface area contributed by atoms with E-state index < -0.39 is 8.07 Å². The van der Waals surface area contributed by atoms with Crippen LogP contribution in [0.1, 0.15) is 62.6 Å². The van der Waals surface area contributed by atoms with Gasteiger partial charge in [-0.25, -0.2) is 0 Å². The Morgan fingerprint density at radius 1 is 1.21 bits per heavy atom. The molecule has 0 saturated heterocycles. The highest BCUT2D eigenvalue weighted by Crippen LogP contribution is 2.44. The van der Waals surface area contributed by atoms with E-state index in [1.165, 1.54) is 28.0 Å². The van der Waals surface area contributed by atoms with Crippen molar-refractivity contribution in [1.29, 1.82) is 0 Å². The van der Waals surface area contributed by atoms with Gasteiger partial charge in [0.05, 0.1) is 14.0 Å². The standard InChI is InChI=1S/C31H45N2Si/c1-10-14-23(5)17-18-27-25-15-12-13-16-26(25)29-19-28(22(3)4)30(34(7,8)9)21-33(29)31(27)24(11-2)20-32-6/h10-16,19,21-22,24,27,31-32H,2,5,17-18,20H2,1,3-4,6-9H3/q+1/b14-10-. The molecule has 34 heavy (non-hydrogen) atoms. The van der Waals surface area contributed by atoms with Gasteiger partial charge in [-0.15, -0.1) is 6.58 Å². The summed E-state index contributed by atoms with van der Waals surface area (Å²) in [6, 6.07) is 11.9. The van der Waals surface area contributed by atoms with Crippen molar-refractivity contribution in [2.75, 3.05) is 13.6 Å². The van der Waals surface area contributed by atoms with E-state index in [0.717, 1.165) is 19.4 Å². The smallest absolute Gasteiger partial charge is 0.213 e. The molecular weight excluding hydrogens is 428 g/mol. The lowest BCUT2D eigenvalue weighted by Crippen LogP contribution is -2.56. The predicted octanol–water partition coefficient (Wildman–Crippen LogP) is 6.88. The molecule has 2 nitrogen and oxygen atoms in total. The summed E-state index contributed by atoms with van der Waals surface area (Å²) >= 11 is 0. The fourth-order valence-corrected chi connectivity index (χ4v) is 7.41. The number of allylic oxidation sites excluding steroid dienone is 3. The zero-order chi connectivity index (χ0) is 25.0. The molecule has 1 aliphatic rings. The van der Waals surface area contributed by atoms with E-state index in [1.54, 1.807) is 5.19 Å². The van der Waals surface area contributed by atoms with Crippen molar-refractivity contribution in [2.24, 2.45) is 5.92 Å². The Bertz CT molecular complexity index is 1060. The first kappa shape index (κ1) is 26.4. The number of nitrogens with one attached hydrogen (secondary N) is 1. The van der Waals surface area contributed by atoms with Gasteiger partial charge in [0.15, 0.2) is 12.2 Å². The van der Waals surface area contributed by atoms with Crippen molar-refractivity contribution in [3.05, 3.63) is 84.6 Å². The van der Waals surface area contributed by atoms with Gasteiger partial charge in [0, 0.05) is 29.3 Å². The van der Waals surface area contributed by atoms with Crippen LogP contribution in [0.25, 0.3) is 11.3 Å². The second kappa shape index (κ2) is 11.0. The number of hydrogen-bond acceptors (Lipinski definition) is 1. The van der Waals surface area contributed by atoms with Crippen molar-refractivity contribution in [1.82, 2.24) is 5.32 Å². The number of rotatable bonds is 10. The molecule has 0 spiro atoms. The van der Waals surface area contributed by atoms with E-state index in [-0.39, 0.29) is 0 Å². The van der Waals surface area contributed by atoms with Crippen LogP contribution in [0.4, 0.5) is 0 Å². The Labute approximate surface area is 209 Å². The molecule has 3 unspecified atom stereocenters. The molecule has 1 aliphatic heterocycles. The third-order valence-corrected chi connectivity index (χ3v) is 9.34. The molecule has 3 heteroatoms. The highest BCUT2D eigenvalue weighted by atomic mass is 28.3. The molecule has 3 rings (SSSR count). The largest absolute Gasteiger partial charge is 0.319 e. The van der Waals surface area contributed by atoms with Gasteiger partial charge in [-0.2, -0.15) is 4.57 Å². The summed E-state index contributed by atoms with van der Waals surface area (Å²) < 4.78 is 2.63. The van der Waals surface area contributed by atoms with Gasteiger partial charge in [-0.05, 0) is 49.9 Å². The molecular formula is C31H45N2Si+. The number of aromatic nitrogens is 1. The molecule has 0 aliphatic carbocycles. The summed E-state index contributed by atoms with van der Waals surface area (Å²) in [6.45, 7) is 23.7. The summed E-state index contributed by atoms with van der Waals surface area (Å²) in [6.07, 6.45) is 11.0. The van der Waals surface area contributed by atoms with Gasteiger partial charge in [-0.3, -0.25) is 0 Å². The minimum absolute atomic E-state index is 0.324. The Morgan fingerprint density at radius 3 is 2.50 bits per heavy atom. The Kier molecular flexibility index (Phi) is 8.54. The predicted molar refractivity (Wildman–Crippen MR) is 152 cm³/mol. The van der Waals surface area contributed by atoms with E-state index in [1.807, 2.05) is 0 Å². The minimum atomic E-state index is -1.54. The number of hydrogen-bond donors (Lipinski definition) is 1. The van der Waals surface area contributed by atoms with Crippen LogP contribution in [0.2, 0.25) is 19.6 Å². The van der Waals surface area contributed by atoms with Crippen LogP contribution in [0.15, 0.2) is 73.5 Å². The van der Waals surface area contributed by atoms with Crippen molar-refractivity contribution >= 4 is 13.3 Å². The van der Waals surface area contributed by atoms with Gasteiger partial charge in [0.1, 0.15) is 0 Å². The average Bonchev–Trinajstić information content (AvgIpc) is 2.79. The molecule has 0 amide bonds. The van der Waals surface area contributed by atoms with E-state index in [2.05, 4.69) is 125 Å². The maximum atomic E-state index is 4.31. The number of fused-ring (bicyclic) bond motifs is 3.